The largest absolute Gasteiger partial charge is 0.390 e. The highest BCUT2D eigenvalue weighted by molar-refractivity contribution is 5.28. The number of aryl methyl sites for hydroxylation is 1. The molecule has 1 nitrogen and oxygen atoms in total. The molecule has 1 fully saturated rings. The lowest BCUT2D eigenvalue weighted by molar-refractivity contribution is 0.0235. The van der Waals surface area contributed by atoms with Gasteiger partial charge in [0.25, 0.3) is 0 Å². The minimum Gasteiger partial charge on any atom is -0.390 e. The fourth-order valence-corrected chi connectivity index (χ4v) is 3.45. The molecule has 0 radical (unpaired) electrons. The Morgan fingerprint density at radius 2 is 2.05 bits per heavy atom. The molecule has 2 heteroatoms. The fraction of sp³-hybridized carbons (Fsp3) is 0.667. The van der Waals surface area contributed by atoms with E-state index in [9.17, 15) is 9.50 Å². The summed E-state index contributed by atoms with van der Waals surface area (Å²) in [6, 6.07) is 4.88. The molecule has 0 bridgehead atoms. The van der Waals surface area contributed by atoms with Crippen LogP contribution < -0.4 is 0 Å². The highest BCUT2D eigenvalue weighted by Crippen LogP contribution is 2.36. The Morgan fingerprint density at radius 1 is 1.30 bits per heavy atom. The highest BCUT2D eigenvalue weighted by Gasteiger charge is 2.32. The van der Waals surface area contributed by atoms with Gasteiger partial charge in [-0.25, -0.2) is 4.39 Å². The maximum absolute atomic E-state index is 13.4. The van der Waals surface area contributed by atoms with Crippen LogP contribution in [-0.4, -0.2) is 10.7 Å². The quantitative estimate of drug-likeness (QED) is 0.798. The molecule has 1 saturated carbocycles. The molecule has 1 aromatic carbocycles. The van der Waals surface area contributed by atoms with E-state index in [-0.39, 0.29) is 5.82 Å². The van der Waals surface area contributed by atoms with Gasteiger partial charge in [0.15, 0.2) is 0 Å². The Morgan fingerprint density at radius 3 is 2.75 bits per heavy atom. The standard InChI is InChI=1S/C18H27FO/c1-13(2)15-5-4-9-18(20,10-8-15)12-16-11-17(19)7-6-14(16)3/h6-7,11,13,15,20H,4-5,8-10,12H2,1-3H3. The summed E-state index contributed by atoms with van der Waals surface area (Å²) in [5, 5.41) is 10.9. The summed E-state index contributed by atoms with van der Waals surface area (Å²) in [6.07, 6.45) is 5.64. The Bertz CT molecular complexity index is 455. The monoisotopic (exact) mass is 278 g/mol. The van der Waals surface area contributed by atoms with Gasteiger partial charge in [0.05, 0.1) is 5.60 Å². The van der Waals surface area contributed by atoms with Gasteiger partial charge >= 0.3 is 0 Å². The lowest BCUT2D eigenvalue weighted by Crippen LogP contribution is -2.31. The number of hydrogen-bond acceptors (Lipinski definition) is 1. The minimum absolute atomic E-state index is 0.206. The second-order valence-electron chi connectivity index (χ2n) is 6.91. The maximum Gasteiger partial charge on any atom is 0.123 e. The number of halogens is 1. The van der Waals surface area contributed by atoms with Crippen LogP contribution in [0.5, 0.6) is 0 Å². The first-order valence-electron chi connectivity index (χ1n) is 7.87. The first kappa shape index (κ1) is 15.5. The molecule has 0 aromatic heterocycles. The van der Waals surface area contributed by atoms with Crippen LogP contribution in [0.25, 0.3) is 0 Å². The van der Waals surface area contributed by atoms with Gasteiger partial charge < -0.3 is 5.11 Å². The topological polar surface area (TPSA) is 20.2 Å². The summed E-state index contributed by atoms with van der Waals surface area (Å²) >= 11 is 0. The number of aliphatic hydroxyl groups is 1. The third-order valence-corrected chi connectivity index (χ3v) is 4.97. The zero-order chi connectivity index (χ0) is 14.8. The van der Waals surface area contributed by atoms with Crippen molar-refractivity contribution in [3.05, 3.63) is 35.1 Å². The molecule has 112 valence electrons. The van der Waals surface area contributed by atoms with Crippen molar-refractivity contribution in [1.82, 2.24) is 0 Å². The summed E-state index contributed by atoms with van der Waals surface area (Å²) in [6.45, 7) is 6.53. The zero-order valence-electron chi connectivity index (χ0n) is 13.0. The van der Waals surface area contributed by atoms with Crippen LogP contribution in [-0.2, 0) is 6.42 Å². The number of hydrogen-bond donors (Lipinski definition) is 1. The zero-order valence-corrected chi connectivity index (χ0v) is 13.0. The smallest absolute Gasteiger partial charge is 0.123 e. The molecule has 1 aromatic rings. The highest BCUT2D eigenvalue weighted by atomic mass is 19.1. The molecule has 0 heterocycles. The molecular formula is C18H27FO. The Labute approximate surface area is 122 Å². The normalized spacial score (nSPS) is 27.6. The molecule has 2 unspecified atom stereocenters. The third kappa shape index (κ3) is 3.82. The average molecular weight is 278 g/mol. The second kappa shape index (κ2) is 6.26. The van der Waals surface area contributed by atoms with Crippen molar-refractivity contribution >= 4 is 0 Å². The molecule has 0 aliphatic heterocycles. The van der Waals surface area contributed by atoms with E-state index in [1.54, 1.807) is 6.07 Å². The van der Waals surface area contributed by atoms with Crippen molar-refractivity contribution in [3.8, 4) is 0 Å². The van der Waals surface area contributed by atoms with Gasteiger partial charge in [-0.15, -0.1) is 0 Å². The van der Waals surface area contributed by atoms with Gasteiger partial charge in [0.2, 0.25) is 0 Å². The summed E-state index contributed by atoms with van der Waals surface area (Å²) in [4.78, 5) is 0. The lowest BCUT2D eigenvalue weighted by atomic mass is 9.84. The molecule has 1 aliphatic rings. The molecular weight excluding hydrogens is 251 g/mol. The minimum atomic E-state index is -0.651. The van der Waals surface area contributed by atoms with Crippen LogP contribution in [0.4, 0.5) is 4.39 Å². The average Bonchev–Trinajstić information content (AvgIpc) is 2.56. The van der Waals surface area contributed by atoms with Gasteiger partial charge in [0.1, 0.15) is 5.82 Å². The molecule has 0 amide bonds. The fourth-order valence-electron chi connectivity index (χ4n) is 3.45. The maximum atomic E-state index is 13.4. The van der Waals surface area contributed by atoms with Crippen molar-refractivity contribution in [2.75, 3.05) is 0 Å². The van der Waals surface area contributed by atoms with Gasteiger partial charge in [-0.05, 0) is 61.3 Å². The molecule has 0 saturated heterocycles. The van der Waals surface area contributed by atoms with Crippen LogP contribution in [0, 0.1) is 24.6 Å². The predicted octanol–water partition coefficient (Wildman–Crippen LogP) is 4.64. The summed E-state index contributed by atoms with van der Waals surface area (Å²) < 4.78 is 13.4. The van der Waals surface area contributed by atoms with E-state index in [0.29, 0.717) is 12.3 Å². The van der Waals surface area contributed by atoms with Crippen molar-refractivity contribution in [3.63, 3.8) is 0 Å². The van der Waals surface area contributed by atoms with Crippen molar-refractivity contribution in [2.45, 2.75) is 64.9 Å². The SMILES string of the molecule is Cc1ccc(F)cc1CC1(O)CCCC(C(C)C)CC1. The van der Waals surface area contributed by atoms with Crippen LogP contribution in [0.1, 0.15) is 57.1 Å². The van der Waals surface area contributed by atoms with E-state index in [4.69, 9.17) is 0 Å². The summed E-state index contributed by atoms with van der Waals surface area (Å²) in [7, 11) is 0. The van der Waals surface area contributed by atoms with Crippen molar-refractivity contribution < 1.29 is 9.50 Å². The summed E-state index contributed by atoms with van der Waals surface area (Å²) in [5.41, 5.74) is 1.38. The molecule has 0 spiro atoms. The van der Waals surface area contributed by atoms with E-state index in [2.05, 4.69) is 13.8 Å². The van der Waals surface area contributed by atoms with E-state index in [0.717, 1.165) is 42.7 Å². The molecule has 20 heavy (non-hydrogen) atoms. The Hall–Kier alpha value is -0.890. The van der Waals surface area contributed by atoms with E-state index in [1.165, 1.54) is 12.5 Å². The molecule has 2 rings (SSSR count). The van der Waals surface area contributed by atoms with Crippen LogP contribution >= 0.6 is 0 Å². The van der Waals surface area contributed by atoms with Crippen molar-refractivity contribution in [1.29, 1.82) is 0 Å². The number of rotatable bonds is 3. The van der Waals surface area contributed by atoms with Gasteiger partial charge in [-0.2, -0.15) is 0 Å². The second-order valence-corrected chi connectivity index (χ2v) is 6.91. The Kier molecular flexibility index (Phi) is 4.85. The van der Waals surface area contributed by atoms with Crippen LogP contribution in [0.15, 0.2) is 18.2 Å². The van der Waals surface area contributed by atoms with Crippen molar-refractivity contribution in [2.24, 2.45) is 11.8 Å². The van der Waals surface area contributed by atoms with Gasteiger partial charge in [0, 0.05) is 6.42 Å². The molecule has 1 aliphatic carbocycles. The van der Waals surface area contributed by atoms with E-state index >= 15 is 0 Å². The van der Waals surface area contributed by atoms with E-state index in [1.807, 2.05) is 13.0 Å². The number of benzene rings is 1. The lowest BCUT2D eigenvalue weighted by Gasteiger charge is -2.28. The first-order chi connectivity index (χ1) is 9.39. The van der Waals surface area contributed by atoms with Crippen LogP contribution in [0.3, 0.4) is 0 Å². The van der Waals surface area contributed by atoms with Crippen LogP contribution in [0.2, 0.25) is 0 Å². The molecule has 2 atom stereocenters. The third-order valence-electron chi connectivity index (χ3n) is 4.97. The predicted molar refractivity (Wildman–Crippen MR) is 81.2 cm³/mol. The Balaban J connectivity index is 2.09. The molecule has 1 N–H and O–H groups in total. The first-order valence-corrected chi connectivity index (χ1v) is 7.87. The van der Waals surface area contributed by atoms with E-state index < -0.39 is 5.60 Å². The summed E-state index contributed by atoms with van der Waals surface area (Å²) in [5.74, 6) is 1.20. The van der Waals surface area contributed by atoms with Gasteiger partial charge in [-0.3, -0.25) is 0 Å². The van der Waals surface area contributed by atoms with Gasteiger partial charge in [-0.1, -0.05) is 32.8 Å².